The first-order chi connectivity index (χ1) is 8.59. The molecular weight excluding hydrogens is 224 g/mol. The Kier molecular flexibility index (Phi) is 4.02. The number of rotatable bonds is 2. The molecule has 1 aromatic carbocycles. The lowest BCUT2D eigenvalue weighted by atomic mass is 9.98. The van der Waals surface area contributed by atoms with Crippen molar-refractivity contribution in [2.75, 3.05) is 6.54 Å². The highest BCUT2D eigenvalue weighted by atomic mass is 16.1. The molecule has 0 bridgehead atoms. The minimum Gasteiger partial charge on any atom is -0.348 e. The van der Waals surface area contributed by atoms with Crippen LogP contribution in [0.5, 0.6) is 0 Å². The first kappa shape index (κ1) is 13.1. The normalized spacial score (nSPS) is 23.7. The van der Waals surface area contributed by atoms with Crippen LogP contribution in [-0.2, 0) is 0 Å². The third-order valence-electron chi connectivity index (χ3n) is 3.93. The van der Waals surface area contributed by atoms with Crippen LogP contribution >= 0.6 is 0 Å². The fraction of sp³-hybridized carbons (Fsp3) is 0.533. The molecule has 0 aromatic heterocycles. The number of hydrogen-bond acceptors (Lipinski definition) is 2. The van der Waals surface area contributed by atoms with Crippen molar-refractivity contribution in [3.8, 4) is 0 Å². The fourth-order valence-corrected chi connectivity index (χ4v) is 2.48. The number of nitrogens with one attached hydrogen (secondary N) is 2. The van der Waals surface area contributed by atoms with E-state index in [0.717, 1.165) is 36.1 Å². The monoisotopic (exact) mass is 246 g/mol. The second-order valence-electron chi connectivity index (χ2n) is 5.21. The van der Waals surface area contributed by atoms with Gasteiger partial charge in [-0.1, -0.05) is 12.1 Å². The largest absolute Gasteiger partial charge is 0.348 e. The van der Waals surface area contributed by atoms with Gasteiger partial charge in [0.2, 0.25) is 0 Å². The Morgan fingerprint density at radius 2 is 2.17 bits per heavy atom. The standard InChI is InChI=1S/C15H22N2O/c1-10-6-4-7-13(11(10)2)15(18)17-14-8-5-9-16-12(14)3/h4,6-7,12,14,16H,5,8-9H2,1-3H3,(H,17,18)/t12-,14+/m1/s1. The van der Waals surface area contributed by atoms with Crippen LogP contribution < -0.4 is 10.6 Å². The maximum atomic E-state index is 12.3. The third-order valence-corrected chi connectivity index (χ3v) is 3.93. The highest BCUT2D eigenvalue weighted by Gasteiger charge is 2.23. The molecule has 1 amide bonds. The SMILES string of the molecule is Cc1cccc(C(=O)N[C@H]2CCCN[C@@H]2C)c1C. The molecule has 2 rings (SSSR count). The van der Waals surface area contributed by atoms with E-state index in [9.17, 15) is 4.79 Å². The van der Waals surface area contributed by atoms with Gasteiger partial charge >= 0.3 is 0 Å². The zero-order valence-corrected chi connectivity index (χ0v) is 11.4. The van der Waals surface area contributed by atoms with Crippen LogP contribution in [0.1, 0.15) is 41.3 Å². The van der Waals surface area contributed by atoms with Gasteiger partial charge in [-0.2, -0.15) is 0 Å². The van der Waals surface area contributed by atoms with Crippen LogP contribution in [0, 0.1) is 13.8 Å². The van der Waals surface area contributed by atoms with Gasteiger partial charge in [0.05, 0.1) is 0 Å². The highest BCUT2D eigenvalue weighted by molar-refractivity contribution is 5.96. The van der Waals surface area contributed by atoms with Crippen molar-refractivity contribution in [1.82, 2.24) is 10.6 Å². The molecule has 1 heterocycles. The maximum absolute atomic E-state index is 12.3. The second kappa shape index (κ2) is 5.53. The highest BCUT2D eigenvalue weighted by Crippen LogP contribution is 2.14. The van der Waals surface area contributed by atoms with Crippen LogP contribution in [0.3, 0.4) is 0 Å². The van der Waals surface area contributed by atoms with E-state index in [4.69, 9.17) is 0 Å². The van der Waals surface area contributed by atoms with Gasteiger partial charge in [0.1, 0.15) is 0 Å². The molecule has 1 fully saturated rings. The first-order valence-electron chi connectivity index (χ1n) is 6.70. The van der Waals surface area contributed by atoms with E-state index in [1.54, 1.807) is 0 Å². The number of benzene rings is 1. The minimum atomic E-state index is 0.0525. The zero-order valence-electron chi connectivity index (χ0n) is 11.4. The average molecular weight is 246 g/mol. The van der Waals surface area contributed by atoms with Crippen LogP contribution in [-0.4, -0.2) is 24.5 Å². The lowest BCUT2D eigenvalue weighted by Gasteiger charge is -2.30. The quantitative estimate of drug-likeness (QED) is 0.839. The number of hydrogen-bond donors (Lipinski definition) is 2. The Bertz CT molecular complexity index is 442. The van der Waals surface area contributed by atoms with E-state index in [2.05, 4.69) is 17.6 Å². The summed E-state index contributed by atoms with van der Waals surface area (Å²) in [5.41, 5.74) is 3.04. The summed E-state index contributed by atoms with van der Waals surface area (Å²) in [5.74, 6) is 0.0525. The van der Waals surface area contributed by atoms with E-state index in [1.807, 2.05) is 32.0 Å². The molecule has 1 aromatic rings. The summed E-state index contributed by atoms with van der Waals surface area (Å²) < 4.78 is 0. The molecule has 2 N–H and O–H groups in total. The van der Waals surface area contributed by atoms with E-state index >= 15 is 0 Å². The van der Waals surface area contributed by atoms with E-state index in [-0.39, 0.29) is 11.9 Å². The van der Waals surface area contributed by atoms with Gasteiger partial charge in [0, 0.05) is 17.6 Å². The third kappa shape index (κ3) is 2.72. The van der Waals surface area contributed by atoms with Gasteiger partial charge in [-0.25, -0.2) is 0 Å². The molecule has 3 heteroatoms. The predicted molar refractivity (Wildman–Crippen MR) is 73.9 cm³/mol. The lowest BCUT2D eigenvalue weighted by molar-refractivity contribution is 0.0919. The minimum absolute atomic E-state index is 0.0525. The summed E-state index contributed by atoms with van der Waals surface area (Å²) in [5, 5.41) is 6.55. The Balaban J connectivity index is 2.09. The van der Waals surface area contributed by atoms with Gasteiger partial charge in [-0.3, -0.25) is 4.79 Å². The summed E-state index contributed by atoms with van der Waals surface area (Å²) in [7, 11) is 0. The summed E-state index contributed by atoms with van der Waals surface area (Å²) in [6.07, 6.45) is 2.19. The smallest absolute Gasteiger partial charge is 0.251 e. The zero-order chi connectivity index (χ0) is 13.1. The van der Waals surface area contributed by atoms with Crippen molar-refractivity contribution in [2.45, 2.75) is 45.7 Å². The second-order valence-corrected chi connectivity index (χ2v) is 5.21. The molecule has 0 aliphatic carbocycles. The van der Waals surface area contributed by atoms with Gasteiger partial charge < -0.3 is 10.6 Å². The van der Waals surface area contributed by atoms with Gasteiger partial charge in [0.25, 0.3) is 5.91 Å². The molecule has 1 aliphatic heterocycles. The summed E-state index contributed by atoms with van der Waals surface area (Å²) >= 11 is 0. The molecule has 1 aliphatic rings. The van der Waals surface area contributed by atoms with Crippen molar-refractivity contribution >= 4 is 5.91 Å². The average Bonchev–Trinajstić information content (AvgIpc) is 2.35. The van der Waals surface area contributed by atoms with Gasteiger partial charge in [-0.15, -0.1) is 0 Å². The topological polar surface area (TPSA) is 41.1 Å². The molecule has 98 valence electrons. The number of carbonyl (C=O) groups is 1. The number of piperidine rings is 1. The number of aryl methyl sites for hydroxylation is 1. The fourth-order valence-electron chi connectivity index (χ4n) is 2.48. The van der Waals surface area contributed by atoms with Crippen molar-refractivity contribution in [3.05, 3.63) is 34.9 Å². The molecule has 0 spiro atoms. The molecule has 18 heavy (non-hydrogen) atoms. The molecule has 2 atom stereocenters. The Morgan fingerprint density at radius 3 is 2.89 bits per heavy atom. The Labute approximate surface area is 109 Å². The Hall–Kier alpha value is -1.35. The van der Waals surface area contributed by atoms with Crippen LogP contribution in [0.2, 0.25) is 0 Å². The van der Waals surface area contributed by atoms with Crippen LogP contribution in [0.4, 0.5) is 0 Å². The lowest BCUT2D eigenvalue weighted by Crippen LogP contribution is -2.52. The molecule has 0 radical (unpaired) electrons. The van der Waals surface area contributed by atoms with E-state index < -0.39 is 0 Å². The van der Waals surface area contributed by atoms with Gasteiger partial charge in [-0.05, 0) is 57.4 Å². The summed E-state index contributed by atoms with van der Waals surface area (Å²) in [6, 6.07) is 6.48. The molecular formula is C15H22N2O. The van der Waals surface area contributed by atoms with Crippen LogP contribution in [0.25, 0.3) is 0 Å². The van der Waals surface area contributed by atoms with Gasteiger partial charge in [0.15, 0.2) is 0 Å². The summed E-state index contributed by atoms with van der Waals surface area (Å²) in [6.45, 7) is 7.23. The molecule has 1 saturated heterocycles. The van der Waals surface area contributed by atoms with Crippen molar-refractivity contribution < 1.29 is 4.79 Å². The predicted octanol–water partition coefficient (Wildman–Crippen LogP) is 2.17. The number of carbonyl (C=O) groups excluding carboxylic acids is 1. The molecule has 3 nitrogen and oxygen atoms in total. The molecule has 0 saturated carbocycles. The van der Waals surface area contributed by atoms with Crippen molar-refractivity contribution in [1.29, 1.82) is 0 Å². The van der Waals surface area contributed by atoms with Crippen molar-refractivity contribution in [3.63, 3.8) is 0 Å². The maximum Gasteiger partial charge on any atom is 0.251 e. The van der Waals surface area contributed by atoms with E-state index in [0.29, 0.717) is 6.04 Å². The van der Waals surface area contributed by atoms with E-state index in [1.165, 1.54) is 0 Å². The summed E-state index contributed by atoms with van der Waals surface area (Å²) in [4.78, 5) is 12.3. The van der Waals surface area contributed by atoms with Crippen molar-refractivity contribution in [2.24, 2.45) is 0 Å². The number of amides is 1. The molecule has 0 unspecified atom stereocenters. The van der Waals surface area contributed by atoms with Crippen LogP contribution in [0.15, 0.2) is 18.2 Å². The first-order valence-corrected chi connectivity index (χ1v) is 6.70. The Morgan fingerprint density at radius 1 is 1.39 bits per heavy atom.